The quantitative estimate of drug-likeness (QED) is 0.848. The molecule has 108 valence electrons. The Morgan fingerprint density at radius 2 is 2.15 bits per heavy atom. The van der Waals surface area contributed by atoms with E-state index in [0.717, 1.165) is 18.9 Å². The zero-order valence-corrected chi connectivity index (χ0v) is 12.1. The van der Waals surface area contributed by atoms with E-state index in [-0.39, 0.29) is 11.4 Å². The topological polar surface area (TPSA) is 63.4 Å². The van der Waals surface area contributed by atoms with Gasteiger partial charge in [0.05, 0.1) is 6.54 Å². The summed E-state index contributed by atoms with van der Waals surface area (Å²) in [6.45, 7) is 0.613. The van der Waals surface area contributed by atoms with E-state index in [2.05, 4.69) is 11.8 Å². The van der Waals surface area contributed by atoms with E-state index in [1.807, 2.05) is 0 Å². The van der Waals surface area contributed by atoms with Crippen molar-refractivity contribution in [2.45, 2.75) is 17.7 Å². The van der Waals surface area contributed by atoms with Gasteiger partial charge in [0.15, 0.2) is 0 Å². The molecule has 0 atom stereocenters. The number of sulfonamides is 1. The summed E-state index contributed by atoms with van der Waals surface area (Å²) in [6, 6.07) is 3.87. The minimum Gasteiger partial charge on any atom is -0.320 e. The summed E-state index contributed by atoms with van der Waals surface area (Å²) in [5, 5.41) is 0. The maximum absolute atomic E-state index is 14.0. The van der Waals surface area contributed by atoms with Gasteiger partial charge >= 0.3 is 0 Å². The zero-order valence-electron chi connectivity index (χ0n) is 11.3. The molecule has 0 aliphatic heterocycles. The van der Waals surface area contributed by atoms with E-state index in [1.54, 1.807) is 0 Å². The molecule has 1 aliphatic rings. The van der Waals surface area contributed by atoms with E-state index in [9.17, 15) is 12.8 Å². The molecule has 20 heavy (non-hydrogen) atoms. The van der Waals surface area contributed by atoms with E-state index in [4.69, 9.17) is 5.73 Å². The van der Waals surface area contributed by atoms with Crippen LogP contribution in [0.4, 0.5) is 4.39 Å². The number of rotatable bonds is 4. The molecule has 1 fully saturated rings. The molecule has 1 aliphatic carbocycles. The SMILES string of the molecule is CN(CC1CC1)S(=O)(=O)c1ccc(C#CCN)cc1F. The summed E-state index contributed by atoms with van der Waals surface area (Å²) in [5.41, 5.74) is 5.65. The number of nitrogens with two attached hydrogens (primary N) is 1. The lowest BCUT2D eigenvalue weighted by Gasteiger charge is -2.17. The molecule has 0 bridgehead atoms. The van der Waals surface area contributed by atoms with E-state index >= 15 is 0 Å². The molecule has 2 rings (SSSR count). The van der Waals surface area contributed by atoms with Gasteiger partial charge in [-0.3, -0.25) is 0 Å². The van der Waals surface area contributed by atoms with Gasteiger partial charge in [-0.05, 0) is 37.0 Å². The van der Waals surface area contributed by atoms with Crippen molar-refractivity contribution in [3.63, 3.8) is 0 Å². The molecule has 1 saturated carbocycles. The van der Waals surface area contributed by atoms with Crippen molar-refractivity contribution in [3.05, 3.63) is 29.6 Å². The molecule has 0 radical (unpaired) electrons. The Labute approximate surface area is 118 Å². The highest BCUT2D eigenvalue weighted by atomic mass is 32.2. The second kappa shape index (κ2) is 5.92. The van der Waals surface area contributed by atoms with Crippen molar-refractivity contribution in [1.29, 1.82) is 0 Å². The van der Waals surface area contributed by atoms with Gasteiger partial charge in [0.25, 0.3) is 0 Å². The predicted octanol–water partition coefficient (Wildman–Crippen LogP) is 1.17. The van der Waals surface area contributed by atoms with E-state index in [1.165, 1.54) is 23.5 Å². The normalized spacial score (nSPS) is 15.0. The van der Waals surface area contributed by atoms with Gasteiger partial charge in [-0.1, -0.05) is 11.8 Å². The van der Waals surface area contributed by atoms with Gasteiger partial charge in [-0.2, -0.15) is 0 Å². The number of benzene rings is 1. The largest absolute Gasteiger partial charge is 0.320 e. The Morgan fingerprint density at radius 1 is 1.45 bits per heavy atom. The van der Waals surface area contributed by atoms with Crippen LogP contribution in [0.2, 0.25) is 0 Å². The second-order valence-electron chi connectivity index (χ2n) is 4.88. The first-order valence-corrected chi connectivity index (χ1v) is 7.84. The minimum absolute atomic E-state index is 0.172. The number of hydrogen-bond donors (Lipinski definition) is 1. The zero-order chi connectivity index (χ0) is 14.8. The highest BCUT2D eigenvalue weighted by Gasteiger charge is 2.30. The van der Waals surface area contributed by atoms with Crippen molar-refractivity contribution < 1.29 is 12.8 Å². The van der Waals surface area contributed by atoms with Crippen LogP contribution in [0.15, 0.2) is 23.1 Å². The fourth-order valence-electron chi connectivity index (χ4n) is 1.87. The van der Waals surface area contributed by atoms with E-state index < -0.39 is 15.8 Å². The Hall–Kier alpha value is -1.42. The van der Waals surface area contributed by atoms with Crippen molar-refractivity contribution in [3.8, 4) is 11.8 Å². The van der Waals surface area contributed by atoms with Crippen LogP contribution in [0.25, 0.3) is 0 Å². The summed E-state index contributed by atoms with van der Waals surface area (Å²) in [7, 11) is -2.30. The molecule has 0 heterocycles. The third-order valence-corrected chi connectivity index (χ3v) is 5.02. The van der Waals surface area contributed by atoms with Crippen LogP contribution in [-0.2, 0) is 10.0 Å². The standard InChI is InChI=1S/C14H17FN2O2S/c1-17(10-12-4-5-12)20(18,19)14-7-6-11(3-2-8-16)9-13(14)15/h6-7,9,12H,4-5,8,10,16H2,1H3. The highest BCUT2D eigenvalue weighted by molar-refractivity contribution is 7.89. The molecule has 0 spiro atoms. The predicted molar refractivity (Wildman–Crippen MR) is 74.9 cm³/mol. The van der Waals surface area contributed by atoms with Crippen LogP contribution in [0.5, 0.6) is 0 Å². The van der Waals surface area contributed by atoms with Gasteiger partial charge in [0.2, 0.25) is 10.0 Å². The first-order chi connectivity index (χ1) is 9.45. The molecule has 0 aromatic heterocycles. The Balaban J connectivity index is 2.26. The van der Waals surface area contributed by atoms with Crippen molar-refractivity contribution in [2.24, 2.45) is 11.7 Å². The summed E-state index contributed by atoms with van der Waals surface area (Å²) < 4.78 is 39.7. The smallest absolute Gasteiger partial charge is 0.245 e. The molecular formula is C14H17FN2O2S. The fourth-order valence-corrected chi connectivity index (χ4v) is 3.16. The second-order valence-corrected chi connectivity index (χ2v) is 6.89. The van der Waals surface area contributed by atoms with Crippen LogP contribution in [0.1, 0.15) is 18.4 Å². The van der Waals surface area contributed by atoms with Gasteiger partial charge in [-0.25, -0.2) is 17.1 Å². The van der Waals surface area contributed by atoms with Crippen molar-refractivity contribution in [2.75, 3.05) is 20.1 Å². The maximum atomic E-state index is 14.0. The third kappa shape index (κ3) is 3.37. The average molecular weight is 296 g/mol. The minimum atomic E-state index is -3.78. The lowest BCUT2D eigenvalue weighted by atomic mass is 10.2. The molecular weight excluding hydrogens is 279 g/mol. The van der Waals surface area contributed by atoms with Crippen LogP contribution >= 0.6 is 0 Å². The number of hydrogen-bond acceptors (Lipinski definition) is 3. The Morgan fingerprint density at radius 3 is 2.70 bits per heavy atom. The lowest BCUT2D eigenvalue weighted by molar-refractivity contribution is 0.447. The van der Waals surface area contributed by atoms with Crippen LogP contribution in [0.3, 0.4) is 0 Å². The lowest BCUT2D eigenvalue weighted by Crippen LogP contribution is -2.29. The first-order valence-electron chi connectivity index (χ1n) is 6.40. The first kappa shape index (κ1) is 15.0. The van der Waals surface area contributed by atoms with Gasteiger partial charge in [-0.15, -0.1) is 0 Å². The number of halogens is 1. The molecule has 1 aromatic rings. The van der Waals surface area contributed by atoms with Crippen molar-refractivity contribution >= 4 is 10.0 Å². The average Bonchev–Trinajstić information content (AvgIpc) is 3.20. The van der Waals surface area contributed by atoms with E-state index in [0.29, 0.717) is 18.0 Å². The van der Waals surface area contributed by atoms with Crippen LogP contribution < -0.4 is 5.73 Å². The summed E-state index contributed by atoms with van der Waals surface area (Å²) in [5.74, 6) is 4.90. The van der Waals surface area contributed by atoms with Gasteiger partial charge < -0.3 is 5.73 Å². The highest BCUT2D eigenvalue weighted by Crippen LogP contribution is 2.31. The Bertz CT molecular complexity index is 657. The van der Waals surface area contributed by atoms with Gasteiger partial charge in [0.1, 0.15) is 10.7 Å². The molecule has 0 amide bonds. The maximum Gasteiger partial charge on any atom is 0.245 e. The summed E-state index contributed by atoms with van der Waals surface area (Å²) in [4.78, 5) is -0.307. The van der Waals surface area contributed by atoms with Crippen LogP contribution in [0, 0.1) is 23.6 Å². The van der Waals surface area contributed by atoms with Gasteiger partial charge in [0, 0.05) is 19.2 Å². The van der Waals surface area contributed by atoms with Crippen molar-refractivity contribution in [1.82, 2.24) is 4.31 Å². The van der Waals surface area contributed by atoms with Crippen LogP contribution in [-0.4, -0.2) is 32.9 Å². The molecule has 0 saturated heterocycles. The third-order valence-electron chi connectivity index (χ3n) is 3.17. The molecule has 2 N–H and O–H groups in total. The monoisotopic (exact) mass is 296 g/mol. The molecule has 0 unspecified atom stereocenters. The fraction of sp³-hybridized carbons (Fsp3) is 0.429. The Kier molecular flexibility index (Phi) is 4.43. The summed E-state index contributed by atoms with van der Waals surface area (Å²) >= 11 is 0. The summed E-state index contributed by atoms with van der Waals surface area (Å²) in [6.07, 6.45) is 2.08. The molecule has 1 aromatic carbocycles. The number of nitrogens with zero attached hydrogens (tertiary/aromatic N) is 1. The molecule has 6 heteroatoms. The molecule has 4 nitrogen and oxygen atoms in total.